The minimum absolute atomic E-state index is 0.0867. The third-order valence-corrected chi connectivity index (χ3v) is 4.61. The molecule has 0 spiro atoms. The molecule has 0 unspecified atom stereocenters. The van der Waals surface area contributed by atoms with Crippen molar-refractivity contribution in [3.63, 3.8) is 0 Å². The number of nitrogens with one attached hydrogen (secondary N) is 1. The Morgan fingerprint density at radius 1 is 1.04 bits per heavy atom. The van der Waals surface area contributed by atoms with E-state index < -0.39 is 28.3 Å². The summed E-state index contributed by atoms with van der Waals surface area (Å²) in [5, 5.41) is 2.64. The van der Waals surface area contributed by atoms with E-state index >= 15 is 0 Å². The number of benzene rings is 2. The fraction of sp³-hybridized carbons (Fsp3) is 0.222. The molecule has 0 aliphatic carbocycles. The lowest BCUT2D eigenvalue weighted by Gasteiger charge is -2.09. The van der Waals surface area contributed by atoms with Gasteiger partial charge in [0.15, 0.2) is 16.4 Å². The van der Waals surface area contributed by atoms with Gasteiger partial charge in [0, 0.05) is 12.8 Å². The molecule has 0 atom stereocenters. The quantitative estimate of drug-likeness (QED) is 0.794. The van der Waals surface area contributed by atoms with Crippen LogP contribution in [0, 0.1) is 6.92 Å². The molecule has 1 N–H and O–H groups in total. The molecule has 2 aromatic carbocycles. The topological polar surface area (TPSA) is 89.5 Å². The Kier molecular flexibility index (Phi) is 5.93. The van der Waals surface area contributed by atoms with Gasteiger partial charge in [0.05, 0.1) is 10.5 Å². The zero-order chi connectivity index (χ0) is 18.4. The summed E-state index contributed by atoms with van der Waals surface area (Å²) in [6.45, 7) is 1.80. The molecule has 7 heteroatoms. The number of carbonyl (C=O) groups excluding carboxylic acids is 2. The van der Waals surface area contributed by atoms with E-state index in [0.717, 1.165) is 17.4 Å². The number of rotatable bonds is 6. The van der Waals surface area contributed by atoms with Crippen LogP contribution >= 0.6 is 0 Å². The summed E-state index contributed by atoms with van der Waals surface area (Å²) >= 11 is 0. The maximum Gasteiger partial charge on any atom is 0.339 e. The number of hydrogen-bond acceptors (Lipinski definition) is 5. The molecule has 0 aliphatic heterocycles. The highest BCUT2D eigenvalue weighted by atomic mass is 32.2. The Morgan fingerprint density at radius 2 is 1.68 bits per heavy atom. The van der Waals surface area contributed by atoms with Crippen molar-refractivity contribution in [2.24, 2.45) is 0 Å². The van der Waals surface area contributed by atoms with Gasteiger partial charge in [-0.1, -0.05) is 42.0 Å². The first-order valence-electron chi connectivity index (χ1n) is 7.56. The van der Waals surface area contributed by atoms with Crippen LogP contribution < -0.4 is 5.32 Å². The van der Waals surface area contributed by atoms with Crippen molar-refractivity contribution in [1.29, 1.82) is 0 Å². The lowest BCUT2D eigenvalue weighted by Crippen LogP contribution is -2.28. The summed E-state index contributed by atoms with van der Waals surface area (Å²) in [5.74, 6) is -1.32. The van der Waals surface area contributed by atoms with Crippen molar-refractivity contribution in [3.05, 3.63) is 65.2 Å². The van der Waals surface area contributed by atoms with E-state index in [2.05, 4.69) is 5.32 Å². The summed E-state index contributed by atoms with van der Waals surface area (Å²) in [4.78, 5) is 23.7. The molecule has 0 radical (unpaired) electrons. The third-order valence-electron chi connectivity index (χ3n) is 3.45. The van der Waals surface area contributed by atoms with Gasteiger partial charge in [-0.2, -0.15) is 0 Å². The first-order chi connectivity index (χ1) is 11.8. The number of carbonyl (C=O) groups is 2. The monoisotopic (exact) mass is 361 g/mol. The van der Waals surface area contributed by atoms with Gasteiger partial charge in [-0.15, -0.1) is 0 Å². The van der Waals surface area contributed by atoms with Gasteiger partial charge < -0.3 is 10.1 Å². The molecule has 0 bridgehead atoms. The van der Waals surface area contributed by atoms with Crippen LogP contribution in [0.2, 0.25) is 0 Å². The highest BCUT2D eigenvalue weighted by Gasteiger charge is 2.19. The van der Waals surface area contributed by atoms with Gasteiger partial charge >= 0.3 is 5.97 Å². The number of aryl methyl sites for hydroxylation is 1. The van der Waals surface area contributed by atoms with Crippen molar-refractivity contribution in [1.82, 2.24) is 5.32 Å². The molecule has 132 valence electrons. The van der Waals surface area contributed by atoms with Gasteiger partial charge in [-0.3, -0.25) is 4.79 Å². The maximum absolute atomic E-state index is 12.1. The number of esters is 1. The summed E-state index contributed by atoms with van der Waals surface area (Å²) in [6, 6.07) is 13.4. The fourth-order valence-electron chi connectivity index (χ4n) is 2.13. The van der Waals surface area contributed by atoms with Crippen molar-refractivity contribution >= 4 is 21.7 Å². The number of hydrogen-bond donors (Lipinski definition) is 1. The normalized spacial score (nSPS) is 11.0. The highest BCUT2D eigenvalue weighted by molar-refractivity contribution is 7.90. The van der Waals surface area contributed by atoms with E-state index in [-0.39, 0.29) is 10.5 Å². The molecule has 25 heavy (non-hydrogen) atoms. The molecule has 0 heterocycles. The van der Waals surface area contributed by atoms with E-state index in [9.17, 15) is 18.0 Å². The maximum atomic E-state index is 12.1. The SMILES string of the molecule is Cc1ccc(CNC(=O)COC(=O)c2ccccc2S(C)(=O)=O)cc1. The van der Waals surface area contributed by atoms with Crippen LogP contribution in [0.1, 0.15) is 21.5 Å². The Labute approximate surface area is 146 Å². The van der Waals surface area contributed by atoms with Gasteiger partial charge in [0.25, 0.3) is 5.91 Å². The van der Waals surface area contributed by atoms with Crippen LogP contribution in [0.3, 0.4) is 0 Å². The zero-order valence-corrected chi connectivity index (χ0v) is 14.8. The molecule has 1 amide bonds. The van der Waals surface area contributed by atoms with Crippen molar-refractivity contribution < 1.29 is 22.7 Å². The second kappa shape index (κ2) is 7.94. The second-order valence-corrected chi connectivity index (χ2v) is 7.59. The van der Waals surface area contributed by atoms with E-state index in [1.165, 1.54) is 24.3 Å². The molecule has 0 saturated heterocycles. The molecule has 0 saturated carbocycles. The van der Waals surface area contributed by atoms with E-state index in [1.54, 1.807) is 0 Å². The first-order valence-corrected chi connectivity index (χ1v) is 9.45. The van der Waals surface area contributed by atoms with Crippen LogP contribution in [0.5, 0.6) is 0 Å². The second-order valence-electron chi connectivity index (χ2n) is 5.61. The fourth-order valence-corrected chi connectivity index (χ4v) is 3.00. The number of ether oxygens (including phenoxy) is 1. The Balaban J connectivity index is 1.92. The van der Waals surface area contributed by atoms with E-state index in [4.69, 9.17) is 4.74 Å². The highest BCUT2D eigenvalue weighted by Crippen LogP contribution is 2.16. The molecular formula is C18H19NO5S. The summed E-state index contributed by atoms with van der Waals surface area (Å²) in [7, 11) is -3.57. The van der Waals surface area contributed by atoms with Crippen molar-refractivity contribution in [2.45, 2.75) is 18.4 Å². The molecule has 0 fully saturated rings. The summed E-state index contributed by atoms with van der Waals surface area (Å²) in [6.07, 6.45) is 1.01. The molecule has 2 rings (SSSR count). The molecule has 0 aromatic heterocycles. The van der Waals surface area contributed by atoms with E-state index in [0.29, 0.717) is 6.54 Å². The number of sulfone groups is 1. The minimum Gasteiger partial charge on any atom is -0.452 e. The van der Waals surface area contributed by atoms with E-state index in [1.807, 2.05) is 31.2 Å². The molecule has 6 nitrogen and oxygen atoms in total. The smallest absolute Gasteiger partial charge is 0.339 e. The first kappa shape index (κ1) is 18.7. The predicted molar refractivity (Wildman–Crippen MR) is 92.9 cm³/mol. The van der Waals surface area contributed by atoms with Gasteiger partial charge in [0.1, 0.15) is 0 Å². The molecular weight excluding hydrogens is 342 g/mol. The van der Waals surface area contributed by atoms with Crippen LogP contribution in [0.15, 0.2) is 53.4 Å². The molecule has 0 aliphatic rings. The zero-order valence-electron chi connectivity index (χ0n) is 14.0. The Bertz CT molecular complexity index is 873. The lowest BCUT2D eigenvalue weighted by molar-refractivity contribution is -0.124. The van der Waals surface area contributed by atoms with Gasteiger partial charge in [0.2, 0.25) is 0 Å². The molecule has 2 aromatic rings. The standard InChI is InChI=1S/C18H19NO5S/c1-13-7-9-14(10-8-13)11-19-17(20)12-24-18(21)15-5-3-4-6-16(15)25(2,22)23/h3-10H,11-12H2,1-2H3,(H,19,20). The summed E-state index contributed by atoms with van der Waals surface area (Å²) in [5.41, 5.74) is 1.96. The predicted octanol–water partition coefficient (Wildman–Crippen LogP) is 1.87. The van der Waals surface area contributed by atoms with Crippen LogP contribution in [0.4, 0.5) is 0 Å². The van der Waals surface area contributed by atoms with Crippen molar-refractivity contribution in [2.75, 3.05) is 12.9 Å². The van der Waals surface area contributed by atoms with Gasteiger partial charge in [-0.05, 0) is 24.6 Å². The Hall–Kier alpha value is -2.67. The average molecular weight is 361 g/mol. The Morgan fingerprint density at radius 3 is 2.32 bits per heavy atom. The van der Waals surface area contributed by atoms with Crippen LogP contribution in [-0.2, 0) is 25.9 Å². The van der Waals surface area contributed by atoms with Crippen molar-refractivity contribution in [3.8, 4) is 0 Å². The largest absolute Gasteiger partial charge is 0.452 e. The van der Waals surface area contributed by atoms with Crippen LogP contribution in [-0.4, -0.2) is 33.2 Å². The summed E-state index contributed by atoms with van der Waals surface area (Å²) < 4.78 is 28.3. The number of amides is 1. The lowest BCUT2D eigenvalue weighted by atomic mass is 10.1. The van der Waals surface area contributed by atoms with Crippen LogP contribution in [0.25, 0.3) is 0 Å². The average Bonchev–Trinajstić information content (AvgIpc) is 2.58. The van der Waals surface area contributed by atoms with Gasteiger partial charge in [-0.25, -0.2) is 13.2 Å². The minimum atomic E-state index is -3.57. The third kappa shape index (κ3) is 5.42.